The first-order chi connectivity index (χ1) is 23.8. The highest BCUT2D eigenvalue weighted by Crippen LogP contribution is 2.35. The van der Waals surface area contributed by atoms with Gasteiger partial charge in [0.25, 0.3) is 0 Å². The Balaban J connectivity index is 1.24. The number of rotatable bonds is 5. The summed E-state index contributed by atoms with van der Waals surface area (Å²) < 4.78 is 0. The van der Waals surface area contributed by atoms with Crippen molar-refractivity contribution in [1.82, 2.24) is 19.9 Å². The minimum atomic E-state index is 0.101. The molecule has 9 rings (SSSR count). The molecule has 2 atom stereocenters. The van der Waals surface area contributed by atoms with Crippen molar-refractivity contribution in [2.75, 3.05) is 0 Å². The van der Waals surface area contributed by atoms with Crippen LogP contribution in [0.3, 0.4) is 0 Å². The van der Waals surface area contributed by atoms with Gasteiger partial charge in [-0.15, -0.1) is 0 Å². The van der Waals surface area contributed by atoms with Crippen LogP contribution in [-0.2, 0) is 6.42 Å². The lowest BCUT2D eigenvalue weighted by Gasteiger charge is -2.22. The number of pyridine rings is 1. The maximum Gasteiger partial charge on any atom is 0.163 e. The Labute approximate surface area is 280 Å². The van der Waals surface area contributed by atoms with E-state index < -0.39 is 0 Å². The lowest BCUT2D eigenvalue weighted by atomic mass is 9.82. The van der Waals surface area contributed by atoms with E-state index in [4.69, 9.17) is 19.9 Å². The van der Waals surface area contributed by atoms with Gasteiger partial charge in [0.2, 0.25) is 0 Å². The van der Waals surface area contributed by atoms with Gasteiger partial charge in [0, 0.05) is 34.7 Å². The molecular formula is C44H34N4. The summed E-state index contributed by atoms with van der Waals surface area (Å²) in [6, 6.07) is 32.0. The quantitative estimate of drug-likeness (QED) is 0.194. The fourth-order valence-corrected chi connectivity index (χ4v) is 7.47. The molecular weight excluding hydrogens is 585 g/mol. The Kier molecular flexibility index (Phi) is 7.20. The second-order valence-electron chi connectivity index (χ2n) is 12.8. The number of hydrogen-bond acceptors (Lipinski definition) is 4. The van der Waals surface area contributed by atoms with Gasteiger partial charge in [-0.1, -0.05) is 109 Å². The van der Waals surface area contributed by atoms with E-state index in [-0.39, 0.29) is 11.8 Å². The monoisotopic (exact) mass is 618 g/mol. The number of benzene rings is 4. The minimum absolute atomic E-state index is 0.101. The summed E-state index contributed by atoms with van der Waals surface area (Å²) in [5, 5.41) is 5.46. The van der Waals surface area contributed by atoms with Crippen LogP contribution >= 0.6 is 0 Å². The lowest BCUT2D eigenvalue weighted by Crippen LogP contribution is -2.33. The first-order valence-electron chi connectivity index (χ1n) is 16.9. The largest absolute Gasteiger partial charge is 0.256 e. The molecule has 0 spiro atoms. The molecule has 4 aromatic carbocycles. The van der Waals surface area contributed by atoms with E-state index in [1.807, 2.05) is 36.5 Å². The maximum absolute atomic E-state index is 5.15. The van der Waals surface area contributed by atoms with Crippen LogP contribution in [0.4, 0.5) is 0 Å². The number of allylic oxidation sites excluding steroid dienone is 5. The van der Waals surface area contributed by atoms with E-state index in [1.54, 1.807) is 0 Å². The number of aryl methyl sites for hydroxylation is 1. The molecule has 6 aromatic rings. The molecule has 0 bridgehead atoms. The van der Waals surface area contributed by atoms with Gasteiger partial charge in [-0.2, -0.15) is 0 Å². The highest BCUT2D eigenvalue weighted by molar-refractivity contribution is 5.91. The van der Waals surface area contributed by atoms with Crippen LogP contribution < -0.4 is 10.4 Å². The van der Waals surface area contributed by atoms with E-state index in [0.717, 1.165) is 53.9 Å². The number of aromatic nitrogens is 4. The van der Waals surface area contributed by atoms with Crippen molar-refractivity contribution in [1.29, 1.82) is 0 Å². The van der Waals surface area contributed by atoms with Gasteiger partial charge in [0.15, 0.2) is 11.6 Å². The summed E-state index contributed by atoms with van der Waals surface area (Å²) in [6.07, 6.45) is 24.0. The molecule has 2 aromatic heterocycles. The topological polar surface area (TPSA) is 51.6 Å². The summed E-state index contributed by atoms with van der Waals surface area (Å²) in [6.45, 7) is 0. The Bertz CT molecular complexity index is 2410. The molecule has 0 saturated carbocycles. The molecule has 0 aliphatic heterocycles. The van der Waals surface area contributed by atoms with E-state index in [0.29, 0.717) is 11.6 Å². The molecule has 4 nitrogen and oxygen atoms in total. The maximum atomic E-state index is 5.15. The van der Waals surface area contributed by atoms with Crippen molar-refractivity contribution in [2.24, 2.45) is 0 Å². The van der Waals surface area contributed by atoms with Gasteiger partial charge in [0.1, 0.15) is 5.82 Å². The van der Waals surface area contributed by atoms with Crippen LogP contribution in [0, 0.1) is 0 Å². The fourth-order valence-electron chi connectivity index (χ4n) is 7.47. The zero-order valence-corrected chi connectivity index (χ0v) is 26.6. The van der Waals surface area contributed by atoms with Crippen molar-refractivity contribution in [3.05, 3.63) is 161 Å². The van der Waals surface area contributed by atoms with Crippen LogP contribution in [0.5, 0.6) is 0 Å². The van der Waals surface area contributed by atoms with E-state index >= 15 is 0 Å². The van der Waals surface area contributed by atoms with Crippen molar-refractivity contribution >= 4 is 29.0 Å². The van der Waals surface area contributed by atoms with Crippen molar-refractivity contribution in [3.8, 4) is 34.0 Å². The van der Waals surface area contributed by atoms with Crippen LogP contribution in [0.15, 0.2) is 128 Å². The molecule has 2 heterocycles. The Hall–Kier alpha value is -5.74. The average molecular weight is 619 g/mol. The van der Waals surface area contributed by atoms with Crippen LogP contribution in [0.2, 0.25) is 0 Å². The molecule has 3 aliphatic carbocycles. The lowest BCUT2D eigenvalue weighted by molar-refractivity contribution is 0.764. The summed E-state index contributed by atoms with van der Waals surface area (Å²) in [4.78, 5) is 20.0. The molecule has 0 amide bonds. The molecule has 2 unspecified atom stereocenters. The van der Waals surface area contributed by atoms with E-state index in [2.05, 4.69) is 109 Å². The van der Waals surface area contributed by atoms with E-state index in [1.165, 1.54) is 37.9 Å². The predicted molar refractivity (Wildman–Crippen MR) is 196 cm³/mol. The van der Waals surface area contributed by atoms with Gasteiger partial charge in [-0.3, -0.25) is 4.98 Å². The average Bonchev–Trinajstić information content (AvgIpc) is 3.18. The van der Waals surface area contributed by atoms with Gasteiger partial charge in [0.05, 0.1) is 5.69 Å². The Morgan fingerprint density at radius 1 is 0.625 bits per heavy atom. The summed E-state index contributed by atoms with van der Waals surface area (Å²) >= 11 is 0. The number of hydrogen-bond donors (Lipinski definition) is 0. The van der Waals surface area contributed by atoms with E-state index in [9.17, 15) is 0 Å². The standard InChI is InChI=1S/C44H34N4/c1-3-13-29(14-4-1)42-46-43(30-15-5-2-6-16-30)48-44(47-42)34-26-32(25-33(27-34)41-21-11-12-24-45-41)31-22-23-39-37-19-8-7-17-35(37)36-18-9-10-20-38(36)40(39)28-31/h1-8,10-15,17,19-21,23-28,30-31H,9,16,18,22H2. The Morgan fingerprint density at radius 3 is 2.27 bits per heavy atom. The third kappa shape index (κ3) is 5.20. The molecule has 230 valence electrons. The molecule has 0 N–H and O–H groups in total. The van der Waals surface area contributed by atoms with Gasteiger partial charge >= 0.3 is 0 Å². The minimum Gasteiger partial charge on any atom is -0.256 e. The molecule has 0 radical (unpaired) electrons. The van der Waals surface area contributed by atoms with Crippen LogP contribution in [0.25, 0.3) is 63.0 Å². The molecule has 3 aliphatic rings. The summed E-state index contributed by atoms with van der Waals surface area (Å²) in [5.74, 6) is 2.47. The SMILES string of the molecule is C1=CCC(c2nc(-c3ccccc3)nc(-c3cc(-c4ccccn4)cc(C4C=c5c6c(c7ccccc7c5=CC4)CCC=C6)c3)n2)C=C1. The van der Waals surface area contributed by atoms with Crippen molar-refractivity contribution in [2.45, 2.75) is 37.5 Å². The summed E-state index contributed by atoms with van der Waals surface area (Å²) in [5.41, 5.74) is 8.04. The third-order valence-electron chi connectivity index (χ3n) is 9.84. The smallest absolute Gasteiger partial charge is 0.163 e. The van der Waals surface area contributed by atoms with Crippen molar-refractivity contribution < 1.29 is 0 Å². The van der Waals surface area contributed by atoms with Gasteiger partial charge in [-0.25, -0.2) is 15.0 Å². The van der Waals surface area contributed by atoms with Gasteiger partial charge < -0.3 is 0 Å². The second kappa shape index (κ2) is 12.1. The number of nitrogens with zero attached hydrogens (tertiary/aromatic N) is 4. The number of fused-ring (bicyclic) bond motifs is 6. The zero-order valence-electron chi connectivity index (χ0n) is 26.6. The van der Waals surface area contributed by atoms with Crippen LogP contribution in [0.1, 0.15) is 53.6 Å². The highest BCUT2D eigenvalue weighted by Gasteiger charge is 2.21. The normalized spacial score (nSPS) is 17.8. The molecule has 4 heteroatoms. The predicted octanol–water partition coefficient (Wildman–Crippen LogP) is 8.73. The summed E-state index contributed by atoms with van der Waals surface area (Å²) in [7, 11) is 0. The van der Waals surface area contributed by atoms with Gasteiger partial charge in [-0.05, 0) is 93.9 Å². The molecule has 0 saturated heterocycles. The highest BCUT2D eigenvalue weighted by atomic mass is 15.0. The second-order valence-corrected chi connectivity index (χ2v) is 12.8. The molecule has 0 fully saturated rings. The third-order valence-corrected chi connectivity index (χ3v) is 9.84. The first kappa shape index (κ1) is 28.5. The zero-order chi connectivity index (χ0) is 31.9. The fraction of sp³-hybridized carbons (Fsp3) is 0.136. The Morgan fingerprint density at radius 2 is 1.44 bits per heavy atom. The van der Waals surface area contributed by atoms with Crippen LogP contribution in [-0.4, -0.2) is 19.9 Å². The molecule has 48 heavy (non-hydrogen) atoms. The first-order valence-corrected chi connectivity index (χ1v) is 16.9. The van der Waals surface area contributed by atoms with Crippen molar-refractivity contribution in [3.63, 3.8) is 0 Å².